The van der Waals surface area contributed by atoms with Gasteiger partial charge in [0.05, 0.1) is 17.9 Å². The highest BCUT2D eigenvalue weighted by Gasteiger charge is 2.80. The molecule has 0 spiro atoms. The summed E-state index contributed by atoms with van der Waals surface area (Å²) in [5.74, 6) is -1.43. The fourth-order valence-electron chi connectivity index (χ4n) is 6.05. The van der Waals surface area contributed by atoms with Crippen LogP contribution in [0.3, 0.4) is 0 Å². The van der Waals surface area contributed by atoms with Crippen molar-refractivity contribution in [3.05, 3.63) is 131 Å². The third-order valence-electron chi connectivity index (χ3n) is 7.80. The van der Waals surface area contributed by atoms with Crippen LogP contribution < -0.4 is 5.32 Å². The van der Waals surface area contributed by atoms with Crippen molar-refractivity contribution in [2.75, 3.05) is 5.32 Å². The summed E-state index contributed by atoms with van der Waals surface area (Å²) in [5.41, 5.74) is 4.43. The highest BCUT2D eigenvalue weighted by atomic mass is 19.1. The lowest BCUT2D eigenvalue weighted by molar-refractivity contribution is -0.142. The van der Waals surface area contributed by atoms with Crippen LogP contribution in [0.1, 0.15) is 33.7 Å². The number of halogens is 1. The van der Waals surface area contributed by atoms with Crippen LogP contribution in [0.5, 0.6) is 0 Å². The minimum atomic E-state index is -1.01. The molecule has 3 unspecified atom stereocenters. The molecule has 0 bridgehead atoms. The van der Waals surface area contributed by atoms with E-state index in [0.29, 0.717) is 16.9 Å². The zero-order chi connectivity index (χ0) is 26.4. The molecule has 1 heterocycles. The minimum Gasteiger partial charge on any atom is -0.355 e. The first-order chi connectivity index (χ1) is 18.4. The summed E-state index contributed by atoms with van der Waals surface area (Å²) in [7, 11) is 0. The third kappa shape index (κ3) is 3.64. The van der Waals surface area contributed by atoms with E-state index in [1.165, 1.54) is 23.2 Å². The molecule has 0 aromatic heterocycles. The number of benzene rings is 4. The Hall–Kier alpha value is -4.58. The smallest absolute Gasteiger partial charge is 0.241 e. The van der Waals surface area contributed by atoms with Crippen LogP contribution in [0, 0.1) is 24.1 Å². The summed E-state index contributed by atoms with van der Waals surface area (Å²) in [6, 6.07) is 29.1. The lowest BCUT2D eigenvalue weighted by atomic mass is 9.85. The van der Waals surface area contributed by atoms with E-state index in [1.54, 1.807) is 12.1 Å². The summed E-state index contributed by atoms with van der Waals surface area (Å²) in [6.07, 6.45) is 1.24. The fraction of sp³-hybridized carbons (Fsp3) is 0.156. The highest BCUT2D eigenvalue weighted by Crippen LogP contribution is 2.71. The molecule has 2 fully saturated rings. The zero-order valence-corrected chi connectivity index (χ0v) is 20.8. The van der Waals surface area contributed by atoms with E-state index in [1.807, 2.05) is 79.7 Å². The van der Waals surface area contributed by atoms with Gasteiger partial charge >= 0.3 is 0 Å². The van der Waals surface area contributed by atoms with Gasteiger partial charge < -0.3 is 10.7 Å². The van der Waals surface area contributed by atoms with E-state index in [0.717, 1.165) is 22.3 Å². The van der Waals surface area contributed by atoms with Crippen molar-refractivity contribution in [2.24, 2.45) is 5.92 Å². The van der Waals surface area contributed by atoms with Gasteiger partial charge in [-0.1, -0.05) is 60.7 Å². The van der Waals surface area contributed by atoms with Gasteiger partial charge in [0.25, 0.3) is 0 Å². The number of aryl methyl sites for hydroxylation is 1. The van der Waals surface area contributed by atoms with Gasteiger partial charge in [-0.3, -0.25) is 14.5 Å². The van der Waals surface area contributed by atoms with Crippen molar-refractivity contribution in [1.29, 1.82) is 5.41 Å². The van der Waals surface area contributed by atoms with Crippen LogP contribution in [0.25, 0.3) is 0 Å². The molecular weight excluding hydrogens is 477 g/mol. The van der Waals surface area contributed by atoms with Crippen molar-refractivity contribution in [3.63, 3.8) is 0 Å². The Bertz CT molecular complexity index is 1550. The van der Waals surface area contributed by atoms with Crippen molar-refractivity contribution in [3.8, 4) is 0 Å². The maximum Gasteiger partial charge on any atom is 0.241 e. The number of nitrogens with zero attached hydrogens (tertiary/aromatic N) is 1. The van der Waals surface area contributed by atoms with E-state index in [9.17, 15) is 14.0 Å². The molecule has 4 aromatic rings. The predicted molar refractivity (Wildman–Crippen MR) is 145 cm³/mol. The second-order valence-corrected chi connectivity index (χ2v) is 9.98. The summed E-state index contributed by atoms with van der Waals surface area (Å²) < 4.78 is 13.4. The largest absolute Gasteiger partial charge is 0.355 e. The number of carbonyl (C=O) groups excluding carboxylic acids is 2. The van der Waals surface area contributed by atoms with Gasteiger partial charge in [0.2, 0.25) is 11.8 Å². The number of amides is 2. The van der Waals surface area contributed by atoms with Gasteiger partial charge in [-0.25, -0.2) is 4.39 Å². The molecule has 188 valence electrons. The topological polar surface area (TPSA) is 73.3 Å². The van der Waals surface area contributed by atoms with Crippen LogP contribution in [0.2, 0.25) is 0 Å². The molecule has 1 aliphatic carbocycles. The molecule has 1 saturated carbocycles. The van der Waals surface area contributed by atoms with Crippen LogP contribution >= 0.6 is 0 Å². The second kappa shape index (κ2) is 9.06. The quantitative estimate of drug-likeness (QED) is 0.237. The van der Waals surface area contributed by atoms with Crippen molar-refractivity contribution < 1.29 is 14.0 Å². The first-order valence-corrected chi connectivity index (χ1v) is 12.6. The normalized spacial score (nSPS) is 21.8. The van der Waals surface area contributed by atoms with Crippen LogP contribution in [-0.4, -0.2) is 22.9 Å². The van der Waals surface area contributed by atoms with Crippen LogP contribution in [0.15, 0.2) is 97.1 Å². The van der Waals surface area contributed by atoms with E-state index in [4.69, 9.17) is 5.41 Å². The monoisotopic (exact) mass is 503 g/mol. The molecule has 0 radical (unpaired) electrons. The predicted octanol–water partition coefficient (Wildman–Crippen LogP) is 6.10. The number of hydrogen-bond donors (Lipinski definition) is 2. The average molecular weight is 504 g/mol. The molecule has 4 aromatic carbocycles. The van der Waals surface area contributed by atoms with Gasteiger partial charge in [0.15, 0.2) is 0 Å². The van der Waals surface area contributed by atoms with Gasteiger partial charge in [-0.05, 0) is 65.6 Å². The standard InChI is InChI=1S/C32H26FN3O2/c1-20-16-27(35-25-14-12-24(33)13-15-25)23(18-34)17-26(20)32-28(22-10-6-3-7-11-22)29(32)30(37)36(31(32)38)19-21-8-4-2-5-9-21/h2-18,28-29,34-35H,19H2,1H3. The Labute approximate surface area is 220 Å². The fourth-order valence-corrected chi connectivity index (χ4v) is 6.05. The molecule has 5 nitrogen and oxygen atoms in total. The Morgan fingerprint density at radius 3 is 2.24 bits per heavy atom. The van der Waals surface area contributed by atoms with Crippen LogP contribution in [-0.2, 0) is 21.5 Å². The first-order valence-electron chi connectivity index (χ1n) is 12.6. The van der Waals surface area contributed by atoms with Gasteiger partial charge in [-0.2, -0.15) is 0 Å². The minimum absolute atomic E-state index is 0.156. The molecule has 6 heteroatoms. The molecular formula is C32H26FN3O2. The van der Waals surface area contributed by atoms with E-state index >= 15 is 0 Å². The zero-order valence-electron chi connectivity index (χ0n) is 20.8. The molecule has 1 aliphatic heterocycles. The van der Waals surface area contributed by atoms with Crippen molar-refractivity contribution >= 4 is 29.4 Å². The summed E-state index contributed by atoms with van der Waals surface area (Å²) in [6.45, 7) is 2.17. The summed E-state index contributed by atoms with van der Waals surface area (Å²) in [4.78, 5) is 29.4. The molecule has 2 N–H and O–H groups in total. The SMILES string of the molecule is Cc1cc(Nc2ccc(F)cc2)c(C=N)cc1C12C(=O)N(Cc3ccccc3)C(=O)C1C2c1ccccc1. The Morgan fingerprint density at radius 2 is 1.58 bits per heavy atom. The molecule has 38 heavy (non-hydrogen) atoms. The summed E-state index contributed by atoms with van der Waals surface area (Å²) >= 11 is 0. The van der Waals surface area contributed by atoms with Crippen LogP contribution in [0.4, 0.5) is 15.8 Å². The van der Waals surface area contributed by atoms with Crippen molar-refractivity contribution in [1.82, 2.24) is 4.90 Å². The second-order valence-electron chi connectivity index (χ2n) is 9.98. The van der Waals surface area contributed by atoms with Gasteiger partial charge in [-0.15, -0.1) is 0 Å². The molecule has 2 aliphatic rings. The number of piperidine rings is 1. The number of anilines is 2. The molecule has 1 saturated heterocycles. The number of nitrogens with one attached hydrogen (secondary N) is 2. The maximum atomic E-state index is 14.2. The van der Waals surface area contributed by atoms with E-state index in [2.05, 4.69) is 5.32 Å². The van der Waals surface area contributed by atoms with Crippen molar-refractivity contribution in [2.45, 2.75) is 24.8 Å². The number of rotatable bonds is 7. The maximum absolute atomic E-state index is 14.2. The molecule has 3 atom stereocenters. The number of imide groups is 1. The van der Waals surface area contributed by atoms with E-state index in [-0.39, 0.29) is 30.1 Å². The van der Waals surface area contributed by atoms with Gasteiger partial charge in [0, 0.05) is 29.1 Å². The third-order valence-corrected chi connectivity index (χ3v) is 7.80. The lowest BCUT2D eigenvalue weighted by Crippen LogP contribution is -2.38. The Kier molecular flexibility index (Phi) is 5.68. The number of fused-ring (bicyclic) bond motifs is 1. The number of hydrogen-bond acceptors (Lipinski definition) is 4. The lowest BCUT2D eigenvalue weighted by Gasteiger charge is -2.25. The number of likely N-dealkylation sites (tertiary alicyclic amines) is 1. The molecule has 6 rings (SSSR count). The Morgan fingerprint density at radius 1 is 0.921 bits per heavy atom. The summed E-state index contributed by atoms with van der Waals surface area (Å²) in [5, 5.41) is 11.4. The highest BCUT2D eigenvalue weighted by molar-refractivity contribution is 6.17. The van der Waals surface area contributed by atoms with Gasteiger partial charge in [0.1, 0.15) is 5.82 Å². The average Bonchev–Trinajstić information content (AvgIpc) is 3.59. The van der Waals surface area contributed by atoms with E-state index < -0.39 is 11.3 Å². The molecule has 2 amide bonds. The number of carbonyl (C=O) groups is 2. The Balaban J connectivity index is 1.44. The first kappa shape index (κ1) is 23.8.